The number of carbonyl (C=O) groups is 1. The highest BCUT2D eigenvalue weighted by Gasteiger charge is 2.09. The Labute approximate surface area is 100 Å². The van der Waals surface area contributed by atoms with E-state index in [1.165, 1.54) is 5.56 Å². The molecule has 0 bridgehead atoms. The lowest BCUT2D eigenvalue weighted by atomic mass is 10.1. The molecule has 1 heterocycles. The number of nitrogens with one attached hydrogen (secondary N) is 2. The molecule has 1 aromatic carbocycles. The highest BCUT2D eigenvalue weighted by Crippen LogP contribution is 2.22. The molecule has 1 aromatic heterocycles. The summed E-state index contributed by atoms with van der Waals surface area (Å²) in [6, 6.07) is 5.68. The third-order valence-corrected chi connectivity index (χ3v) is 3.00. The van der Waals surface area contributed by atoms with E-state index >= 15 is 0 Å². The van der Waals surface area contributed by atoms with Gasteiger partial charge in [-0.1, -0.05) is 0 Å². The Hall–Kier alpha value is -1.81. The number of fused-ring (bicyclic) bond motifs is 1. The second-order valence-electron chi connectivity index (χ2n) is 4.18. The van der Waals surface area contributed by atoms with Crippen molar-refractivity contribution >= 4 is 16.8 Å². The van der Waals surface area contributed by atoms with Crippen LogP contribution >= 0.6 is 0 Å². The zero-order valence-corrected chi connectivity index (χ0v) is 10.1. The number of nitrogens with two attached hydrogens (primary N) is 1. The zero-order chi connectivity index (χ0) is 12.4. The van der Waals surface area contributed by atoms with Gasteiger partial charge in [0.05, 0.1) is 0 Å². The van der Waals surface area contributed by atoms with E-state index < -0.39 is 0 Å². The first-order valence-electron chi connectivity index (χ1n) is 5.70. The van der Waals surface area contributed by atoms with E-state index in [1.54, 1.807) is 0 Å². The molecule has 0 saturated carbocycles. The first-order valence-corrected chi connectivity index (χ1v) is 5.70. The topological polar surface area (TPSA) is 70.9 Å². The Bertz CT molecular complexity index is 557. The molecule has 4 heteroatoms. The molecule has 4 nitrogen and oxygen atoms in total. The molecule has 17 heavy (non-hydrogen) atoms. The third kappa shape index (κ3) is 2.17. The van der Waals surface area contributed by atoms with E-state index in [0.29, 0.717) is 18.7 Å². The van der Waals surface area contributed by atoms with E-state index in [1.807, 2.05) is 25.1 Å². The number of hydrogen-bond acceptors (Lipinski definition) is 2. The van der Waals surface area contributed by atoms with Crippen LogP contribution in [-0.4, -0.2) is 24.0 Å². The van der Waals surface area contributed by atoms with Crippen LogP contribution < -0.4 is 11.1 Å². The Kier molecular flexibility index (Phi) is 3.15. The summed E-state index contributed by atoms with van der Waals surface area (Å²) in [5, 5.41) is 3.87. The lowest BCUT2D eigenvalue weighted by molar-refractivity contribution is 0.0955. The number of rotatable bonds is 3. The van der Waals surface area contributed by atoms with E-state index in [0.717, 1.165) is 16.6 Å². The number of hydrogen-bond donors (Lipinski definition) is 3. The van der Waals surface area contributed by atoms with Gasteiger partial charge >= 0.3 is 0 Å². The van der Waals surface area contributed by atoms with Crippen molar-refractivity contribution < 1.29 is 4.79 Å². The summed E-state index contributed by atoms with van der Waals surface area (Å²) in [5.74, 6) is -0.0735. The van der Waals surface area contributed by atoms with Crippen molar-refractivity contribution in [2.45, 2.75) is 13.8 Å². The predicted octanol–water partition coefficient (Wildman–Crippen LogP) is 1.47. The number of aryl methyl sites for hydroxylation is 2. The monoisotopic (exact) mass is 231 g/mol. The second kappa shape index (κ2) is 4.59. The number of benzene rings is 1. The van der Waals surface area contributed by atoms with Crippen molar-refractivity contribution in [2.75, 3.05) is 13.1 Å². The standard InChI is InChI=1S/C13H17N3O/c1-8-9(2)16-12-4-3-10(7-11(8)12)13(17)15-6-5-14/h3-4,7,16H,5-6,14H2,1-2H3,(H,15,17). The van der Waals surface area contributed by atoms with Gasteiger partial charge in [-0.05, 0) is 37.6 Å². The number of H-pyrrole nitrogens is 1. The molecule has 4 N–H and O–H groups in total. The molecule has 0 fully saturated rings. The molecule has 0 aliphatic rings. The van der Waals surface area contributed by atoms with Crippen LogP contribution in [0.15, 0.2) is 18.2 Å². The Morgan fingerprint density at radius 2 is 2.18 bits per heavy atom. The quantitative estimate of drug-likeness (QED) is 0.748. The van der Waals surface area contributed by atoms with Crippen molar-refractivity contribution in [1.82, 2.24) is 10.3 Å². The second-order valence-corrected chi connectivity index (χ2v) is 4.18. The van der Waals surface area contributed by atoms with Gasteiger partial charge in [-0.25, -0.2) is 0 Å². The first-order chi connectivity index (χ1) is 8.13. The average Bonchev–Trinajstić information content (AvgIpc) is 2.62. The molecule has 0 spiro atoms. The van der Waals surface area contributed by atoms with Gasteiger partial charge in [-0.3, -0.25) is 4.79 Å². The minimum atomic E-state index is -0.0735. The normalized spacial score (nSPS) is 10.8. The molecule has 0 aliphatic heterocycles. The molecule has 0 radical (unpaired) electrons. The fourth-order valence-corrected chi connectivity index (χ4v) is 1.89. The van der Waals surface area contributed by atoms with Crippen LogP contribution in [-0.2, 0) is 0 Å². The number of carbonyl (C=O) groups excluding carboxylic acids is 1. The summed E-state index contributed by atoms with van der Waals surface area (Å²) in [4.78, 5) is 15.1. The van der Waals surface area contributed by atoms with Crippen molar-refractivity contribution in [3.8, 4) is 0 Å². The van der Waals surface area contributed by atoms with Gasteiger partial charge < -0.3 is 16.0 Å². The van der Waals surface area contributed by atoms with Gasteiger partial charge in [0, 0.05) is 35.2 Å². The SMILES string of the molecule is Cc1[nH]c2ccc(C(=O)NCCN)cc2c1C. The van der Waals surface area contributed by atoms with Crippen molar-refractivity contribution in [1.29, 1.82) is 0 Å². The van der Waals surface area contributed by atoms with Crippen LogP contribution in [0.1, 0.15) is 21.6 Å². The smallest absolute Gasteiger partial charge is 0.251 e. The van der Waals surface area contributed by atoms with Crippen LogP contribution in [0.2, 0.25) is 0 Å². The Balaban J connectivity index is 2.37. The van der Waals surface area contributed by atoms with E-state index in [2.05, 4.69) is 17.2 Å². The minimum absolute atomic E-state index is 0.0735. The number of amides is 1. The predicted molar refractivity (Wildman–Crippen MR) is 69.2 cm³/mol. The molecular formula is C13H17N3O. The van der Waals surface area contributed by atoms with Crippen LogP contribution in [0.25, 0.3) is 10.9 Å². The fraction of sp³-hybridized carbons (Fsp3) is 0.308. The highest BCUT2D eigenvalue weighted by molar-refractivity contribution is 5.99. The molecular weight excluding hydrogens is 214 g/mol. The summed E-state index contributed by atoms with van der Waals surface area (Å²) in [6.07, 6.45) is 0. The largest absolute Gasteiger partial charge is 0.358 e. The molecule has 2 rings (SSSR count). The summed E-state index contributed by atoms with van der Waals surface area (Å²) in [5.41, 5.74) is 9.42. The number of aromatic nitrogens is 1. The molecule has 0 atom stereocenters. The summed E-state index contributed by atoms with van der Waals surface area (Å²) < 4.78 is 0. The maximum Gasteiger partial charge on any atom is 0.251 e. The molecule has 0 unspecified atom stereocenters. The van der Waals surface area contributed by atoms with Gasteiger partial charge in [0.25, 0.3) is 5.91 Å². The summed E-state index contributed by atoms with van der Waals surface area (Å²) >= 11 is 0. The minimum Gasteiger partial charge on any atom is -0.358 e. The fourth-order valence-electron chi connectivity index (χ4n) is 1.89. The lowest BCUT2D eigenvalue weighted by Gasteiger charge is -2.03. The summed E-state index contributed by atoms with van der Waals surface area (Å²) in [7, 11) is 0. The van der Waals surface area contributed by atoms with Crippen LogP contribution in [0.5, 0.6) is 0 Å². The first kappa shape index (κ1) is 11.7. The maximum absolute atomic E-state index is 11.8. The maximum atomic E-state index is 11.8. The molecule has 0 saturated heterocycles. The van der Waals surface area contributed by atoms with Crippen molar-refractivity contribution in [3.05, 3.63) is 35.0 Å². The highest BCUT2D eigenvalue weighted by atomic mass is 16.1. The third-order valence-electron chi connectivity index (χ3n) is 3.00. The molecule has 90 valence electrons. The summed E-state index contributed by atoms with van der Waals surface area (Å²) in [6.45, 7) is 5.04. The molecule has 0 aliphatic carbocycles. The van der Waals surface area contributed by atoms with E-state index in [-0.39, 0.29) is 5.91 Å². The zero-order valence-electron chi connectivity index (χ0n) is 10.1. The van der Waals surface area contributed by atoms with Crippen molar-refractivity contribution in [3.63, 3.8) is 0 Å². The van der Waals surface area contributed by atoms with Crippen molar-refractivity contribution in [2.24, 2.45) is 5.73 Å². The molecule has 1 amide bonds. The van der Waals surface area contributed by atoms with Crippen LogP contribution in [0.4, 0.5) is 0 Å². The lowest BCUT2D eigenvalue weighted by Crippen LogP contribution is -2.28. The van der Waals surface area contributed by atoms with Crippen LogP contribution in [0.3, 0.4) is 0 Å². The van der Waals surface area contributed by atoms with Crippen LogP contribution in [0, 0.1) is 13.8 Å². The van der Waals surface area contributed by atoms with Gasteiger partial charge in [0.15, 0.2) is 0 Å². The van der Waals surface area contributed by atoms with E-state index in [4.69, 9.17) is 5.73 Å². The van der Waals surface area contributed by atoms with E-state index in [9.17, 15) is 4.79 Å². The average molecular weight is 231 g/mol. The van der Waals surface area contributed by atoms with Gasteiger partial charge in [0.2, 0.25) is 0 Å². The van der Waals surface area contributed by atoms with Gasteiger partial charge in [-0.2, -0.15) is 0 Å². The Morgan fingerprint density at radius 3 is 2.88 bits per heavy atom. The number of aromatic amines is 1. The van der Waals surface area contributed by atoms with Gasteiger partial charge in [0.1, 0.15) is 0 Å². The van der Waals surface area contributed by atoms with Gasteiger partial charge in [-0.15, -0.1) is 0 Å². The molecule has 2 aromatic rings. The Morgan fingerprint density at radius 1 is 1.41 bits per heavy atom.